The van der Waals surface area contributed by atoms with E-state index >= 15 is 0 Å². The Balaban J connectivity index is 2.19. The normalized spacial score (nSPS) is 20.5. The van der Waals surface area contributed by atoms with Crippen molar-refractivity contribution in [2.24, 2.45) is 5.92 Å². The van der Waals surface area contributed by atoms with E-state index in [1.165, 1.54) is 44.9 Å². The molecule has 0 aromatic rings. The Morgan fingerprint density at radius 2 is 1.93 bits per heavy atom. The van der Waals surface area contributed by atoms with Crippen LogP contribution in [0.5, 0.6) is 0 Å². The van der Waals surface area contributed by atoms with Crippen LogP contribution in [0.3, 0.4) is 0 Å². The van der Waals surface area contributed by atoms with Crippen molar-refractivity contribution < 1.29 is 0 Å². The molecule has 1 unspecified atom stereocenters. The van der Waals surface area contributed by atoms with Crippen molar-refractivity contribution in [1.82, 2.24) is 5.32 Å². The molecule has 0 aliphatic heterocycles. The lowest BCUT2D eigenvalue weighted by Crippen LogP contribution is -2.32. The summed E-state index contributed by atoms with van der Waals surface area (Å²) in [7, 11) is 0. The van der Waals surface area contributed by atoms with Gasteiger partial charge in [0.2, 0.25) is 0 Å². The van der Waals surface area contributed by atoms with Crippen LogP contribution in [0, 0.1) is 18.3 Å². The highest BCUT2D eigenvalue weighted by Gasteiger charge is 2.13. The molecule has 0 aromatic heterocycles. The van der Waals surface area contributed by atoms with Gasteiger partial charge in [-0.15, -0.1) is 6.42 Å². The zero-order valence-corrected chi connectivity index (χ0v) is 10.1. The van der Waals surface area contributed by atoms with Crippen molar-refractivity contribution in [3.8, 4) is 12.3 Å². The van der Waals surface area contributed by atoms with Crippen LogP contribution in [0.15, 0.2) is 0 Å². The fourth-order valence-corrected chi connectivity index (χ4v) is 2.41. The van der Waals surface area contributed by atoms with Gasteiger partial charge in [0.1, 0.15) is 0 Å². The van der Waals surface area contributed by atoms with Crippen LogP contribution in [0.25, 0.3) is 0 Å². The van der Waals surface area contributed by atoms with E-state index in [0.29, 0.717) is 6.04 Å². The van der Waals surface area contributed by atoms with Gasteiger partial charge in [0.15, 0.2) is 0 Å². The largest absolute Gasteiger partial charge is 0.303 e. The molecule has 15 heavy (non-hydrogen) atoms. The van der Waals surface area contributed by atoms with Gasteiger partial charge in [0.25, 0.3) is 0 Å². The molecular formula is C14H25N. The third kappa shape index (κ3) is 5.23. The van der Waals surface area contributed by atoms with Crippen LogP contribution in [0.2, 0.25) is 0 Å². The zero-order valence-electron chi connectivity index (χ0n) is 10.1. The summed E-state index contributed by atoms with van der Waals surface area (Å²) in [5, 5.41) is 3.53. The number of terminal acetylenes is 1. The van der Waals surface area contributed by atoms with Gasteiger partial charge in [-0.25, -0.2) is 0 Å². The summed E-state index contributed by atoms with van der Waals surface area (Å²) in [5.41, 5.74) is 0. The third-order valence-electron chi connectivity index (χ3n) is 3.41. The number of hydrogen-bond acceptors (Lipinski definition) is 1. The molecule has 0 radical (unpaired) electrons. The summed E-state index contributed by atoms with van der Waals surface area (Å²) in [4.78, 5) is 0. The Morgan fingerprint density at radius 1 is 1.27 bits per heavy atom. The first-order chi connectivity index (χ1) is 7.36. The molecule has 0 bridgehead atoms. The van der Waals surface area contributed by atoms with Crippen LogP contribution in [0.4, 0.5) is 0 Å². The summed E-state index contributed by atoms with van der Waals surface area (Å²) in [6.45, 7) is 3.33. The van der Waals surface area contributed by atoms with E-state index in [2.05, 4.69) is 18.2 Å². The highest BCUT2D eigenvalue weighted by molar-refractivity contribution is 4.98. The molecule has 86 valence electrons. The van der Waals surface area contributed by atoms with Gasteiger partial charge in [0, 0.05) is 0 Å². The van der Waals surface area contributed by atoms with Crippen molar-refractivity contribution >= 4 is 0 Å². The Kier molecular flexibility index (Phi) is 6.52. The Bertz CT molecular complexity index is 184. The molecule has 1 aliphatic carbocycles. The molecule has 0 spiro atoms. The maximum atomic E-state index is 5.49. The molecule has 1 aliphatic rings. The molecule has 0 heterocycles. The molecule has 1 saturated carbocycles. The van der Waals surface area contributed by atoms with Crippen molar-refractivity contribution in [3.05, 3.63) is 0 Å². The summed E-state index contributed by atoms with van der Waals surface area (Å²) in [6, 6.07) is 0.304. The first-order valence-electron chi connectivity index (χ1n) is 6.56. The predicted molar refractivity (Wildman–Crippen MR) is 66.7 cm³/mol. The molecule has 1 fully saturated rings. The smallest absolute Gasteiger partial charge is 0.0686 e. The monoisotopic (exact) mass is 207 g/mol. The maximum Gasteiger partial charge on any atom is 0.0686 e. The standard InChI is InChI=1S/C14H25N/c1-3-9-14(4-2)15-12-13-10-7-5-6-8-11-13/h2,13-15H,3,5-12H2,1H3. The quantitative estimate of drug-likeness (QED) is 0.538. The van der Waals surface area contributed by atoms with Crippen LogP contribution >= 0.6 is 0 Å². The minimum absolute atomic E-state index is 0.304. The minimum atomic E-state index is 0.304. The molecule has 1 nitrogen and oxygen atoms in total. The van der Waals surface area contributed by atoms with Gasteiger partial charge in [0.05, 0.1) is 6.04 Å². The van der Waals surface area contributed by atoms with Crippen molar-refractivity contribution in [2.45, 2.75) is 64.3 Å². The van der Waals surface area contributed by atoms with Crippen molar-refractivity contribution in [3.63, 3.8) is 0 Å². The lowest BCUT2D eigenvalue weighted by Gasteiger charge is -2.18. The van der Waals surface area contributed by atoms with Crippen LogP contribution in [0.1, 0.15) is 58.3 Å². The van der Waals surface area contributed by atoms with Gasteiger partial charge in [-0.1, -0.05) is 44.9 Å². The number of nitrogens with one attached hydrogen (secondary N) is 1. The lowest BCUT2D eigenvalue weighted by atomic mass is 10.00. The topological polar surface area (TPSA) is 12.0 Å². The first kappa shape index (κ1) is 12.6. The van der Waals surface area contributed by atoms with Gasteiger partial charge in [-0.2, -0.15) is 0 Å². The summed E-state index contributed by atoms with van der Waals surface area (Å²) >= 11 is 0. The van der Waals surface area contributed by atoms with Crippen LogP contribution in [-0.4, -0.2) is 12.6 Å². The van der Waals surface area contributed by atoms with Gasteiger partial charge < -0.3 is 5.32 Å². The Labute approximate surface area is 95.0 Å². The molecule has 0 amide bonds. The summed E-state index contributed by atoms with van der Waals surface area (Å²) in [5.74, 6) is 3.72. The summed E-state index contributed by atoms with van der Waals surface area (Å²) in [6.07, 6.45) is 16.3. The fraction of sp³-hybridized carbons (Fsp3) is 0.857. The second-order valence-electron chi connectivity index (χ2n) is 4.77. The number of rotatable bonds is 5. The van der Waals surface area contributed by atoms with E-state index in [4.69, 9.17) is 6.42 Å². The highest BCUT2D eigenvalue weighted by atomic mass is 14.9. The number of hydrogen-bond donors (Lipinski definition) is 1. The molecule has 1 atom stereocenters. The molecule has 0 saturated heterocycles. The third-order valence-corrected chi connectivity index (χ3v) is 3.41. The molecule has 0 aromatic carbocycles. The fourth-order valence-electron chi connectivity index (χ4n) is 2.41. The van der Waals surface area contributed by atoms with E-state index in [-0.39, 0.29) is 0 Å². The van der Waals surface area contributed by atoms with Gasteiger partial charge >= 0.3 is 0 Å². The highest BCUT2D eigenvalue weighted by Crippen LogP contribution is 2.22. The second kappa shape index (κ2) is 7.77. The minimum Gasteiger partial charge on any atom is -0.303 e. The summed E-state index contributed by atoms with van der Waals surface area (Å²) < 4.78 is 0. The zero-order chi connectivity index (χ0) is 10.9. The van der Waals surface area contributed by atoms with Gasteiger partial charge in [-0.3, -0.25) is 0 Å². The predicted octanol–water partition coefficient (Wildman–Crippen LogP) is 3.35. The molecular weight excluding hydrogens is 182 g/mol. The second-order valence-corrected chi connectivity index (χ2v) is 4.77. The SMILES string of the molecule is C#CC(CCC)NCC1CCCCCC1. The Hall–Kier alpha value is -0.480. The van der Waals surface area contributed by atoms with Crippen LogP contribution in [-0.2, 0) is 0 Å². The van der Waals surface area contributed by atoms with E-state index in [0.717, 1.165) is 18.9 Å². The Morgan fingerprint density at radius 3 is 2.47 bits per heavy atom. The van der Waals surface area contributed by atoms with E-state index < -0.39 is 0 Å². The van der Waals surface area contributed by atoms with Crippen molar-refractivity contribution in [2.75, 3.05) is 6.54 Å². The van der Waals surface area contributed by atoms with Gasteiger partial charge in [-0.05, 0) is 31.7 Å². The lowest BCUT2D eigenvalue weighted by molar-refractivity contribution is 0.406. The maximum absolute atomic E-state index is 5.49. The van der Waals surface area contributed by atoms with E-state index in [1.54, 1.807) is 0 Å². The molecule has 1 heteroatoms. The first-order valence-corrected chi connectivity index (χ1v) is 6.56. The molecule has 1 rings (SSSR count). The van der Waals surface area contributed by atoms with Crippen molar-refractivity contribution in [1.29, 1.82) is 0 Å². The molecule has 1 N–H and O–H groups in total. The average molecular weight is 207 g/mol. The van der Waals surface area contributed by atoms with E-state index in [9.17, 15) is 0 Å². The van der Waals surface area contributed by atoms with E-state index in [1.807, 2.05) is 0 Å². The van der Waals surface area contributed by atoms with Crippen LogP contribution < -0.4 is 5.32 Å². The average Bonchev–Trinajstić information content (AvgIpc) is 2.52.